The molecule has 0 aromatic heterocycles. The minimum atomic E-state index is -0.648. The number of aliphatic hydroxyl groups excluding tert-OH is 1. The first kappa shape index (κ1) is 7.44. The Hall–Kier alpha value is -0.670. The van der Waals surface area contributed by atoms with Crippen molar-refractivity contribution in [1.82, 2.24) is 0 Å². The van der Waals surface area contributed by atoms with Crippen LogP contribution in [0.1, 0.15) is 6.92 Å². The Morgan fingerprint density at radius 2 is 2.30 bits per heavy atom. The maximum absolute atomic E-state index is 9.29. The lowest BCUT2D eigenvalue weighted by molar-refractivity contribution is 0.0555. The van der Waals surface area contributed by atoms with Gasteiger partial charge in [0.25, 0.3) is 0 Å². The van der Waals surface area contributed by atoms with E-state index in [0.29, 0.717) is 5.70 Å². The summed E-state index contributed by atoms with van der Waals surface area (Å²) in [5, 5.41) is 9.29. The van der Waals surface area contributed by atoms with E-state index in [2.05, 4.69) is 11.6 Å². The lowest BCUT2D eigenvalue weighted by atomic mass is 10.1. The molecule has 0 aliphatic carbocycles. The third-order valence-corrected chi connectivity index (χ3v) is 1.61. The number of ether oxygens (including phenoxy) is 1. The van der Waals surface area contributed by atoms with E-state index in [1.807, 2.05) is 6.92 Å². The highest BCUT2D eigenvalue weighted by Crippen LogP contribution is 2.18. The molecule has 0 saturated heterocycles. The molecule has 3 nitrogen and oxygen atoms in total. The molecule has 0 unspecified atom stereocenters. The fourth-order valence-corrected chi connectivity index (χ4v) is 1.06. The van der Waals surface area contributed by atoms with Crippen LogP contribution in [0.2, 0.25) is 0 Å². The molecule has 2 atom stereocenters. The quantitative estimate of drug-likeness (QED) is 0.572. The van der Waals surface area contributed by atoms with Crippen LogP contribution in [-0.4, -0.2) is 30.1 Å². The van der Waals surface area contributed by atoms with Gasteiger partial charge in [0, 0.05) is 12.8 Å². The highest BCUT2D eigenvalue weighted by Gasteiger charge is 2.29. The van der Waals surface area contributed by atoms with Gasteiger partial charge < -0.3 is 9.84 Å². The lowest BCUT2D eigenvalue weighted by Gasteiger charge is -2.12. The van der Waals surface area contributed by atoms with Crippen LogP contribution >= 0.6 is 0 Å². The van der Waals surface area contributed by atoms with Crippen molar-refractivity contribution in [2.75, 3.05) is 7.11 Å². The fourth-order valence-electron chi connectivity index (χ4n) is 1.06. The van der Waals surface area contributed by atoms with E-state index in [4.69, 9.17) is 4.74 Å². The Kier molecular flexibility index (Phi) is 1.87. The number of aliphatic hydroxyl groups is 1. The van der Waals surface area contributed by atoms with Gasteiger partial charge in [-0.3, -0.25) is 4.99 Å². The van der Waals surface area contributed by atoms with Crippen molar-refractivity contribution in [3.63, 3.8) is 0 Å². The van der Waals surface area contributed by atoms with Crippen LogP contribution in [0.25, 0.3) is 0 Å². The Balaban J connectivity index is 2.77. The molecule has 0 amide bonds. The summed E-state index contributed by atoms with van der Waals surface area (Å²) in [7, 11) is 1.55. The second-order valence-corrected chi connectivity index (χ2v) is 2.35. The number of hydrogen-bond acceptors (Lipinski definition) is 3. The smallest absolute Gasteiger partial charge is 0.127 e. The van der Waals surface area contributed by atoms with Gasteiger partial charge in [-0.2, -0.15) is 0 Å². The zero-order valence-electron chi connectivity index (χ0n) is 6.16. The van der Waals surface area contributed by atoms with Gasteiger partial charge in [0.1, 0.15) is 12.2 Å². The van der Waals surface area contributed by atoms with Crippen LogP contribution in [0.3, 0.4) is 0 Å². The topological polar surface area (TPSA) is 41.8 Å². The van der Waals surface area contributed by atoms with E-state index in [0.717, 1.165) is 5.71 Å². The SMILES string of the molecule is C=C1N=C(C)[C@@H](OC)[C@H]1O. The molecule has 1 aliphatic rings. The first-order valence-corrected chi connectivity index (χ1v) is 3.11. The molecule has 1 N–H and O–H groups in total. The highest BCUT2D eigenvalue weighted by molar-refractivity contribution is 5.90. The highest BCUT2D eigenvalue weighted by atomic mass is 16.5. The molecule has 10 heavy (non-hydrogen) atoms. The molecule has 0 aromatic carbocycles. The number of methoxy groups -OCH3 is 1. The van der Waals surface area contributed by atoms with Gasteiger partial charge in [0.2, 0.25) is 0 Å². The van der Waals surface area contributed by atoms with Crippen LogP contribution in [-0.2, 0) is 4.74 Å². The monoisotopic (exact) mass is 141 g/mol. The molecule has 56 valence electrons. The molecule has 3 heteroatoms. The first-order chi connectivity index (χ1) is 4.66. The average molecular weight is 141 g/mol. The van der Waals surface area contributed by atoms with E-state index in [-0.39, 0.29) is 6.10 Å². The Labute approximate surface area is 60.0 Å². The van der Waals surface area contributed by atoms with Gasteiger partial charge in [0.05, 0.1) is 5.70 Å². The van der Waals surface area contributed by atoms with E-state index in [1.165, 1.54) is 0 Å². The predicted molar refractivity (Wildman–Crippen MR) is 39.1 cm³/mol. The minimum absolute atomic E-state index is 0.285. The van der Waals surface area contributed by atoms with Crippen molar-refractivity contribution < 1.29 is 9.84 Å². The van der Waals surface area contributed by atoms with Crippen molar-refractivity contribution in [2.45, 2.75) is 19.1 Å². The first-order valence-electron chi connectivity index (χ1n) is 3.11. The largest absolute Gasteiger partial charge is 0.384 e. The van der Waals surface area contributed by atoms with E-state index >= 15 is 0 Å². The third-order valence-electron chi connectivity index (χ3n) is 1.61. The molecule has 1 aliphatic heterocycles. The standard InChI is InChI=1S/C7H11NO2/c1-4-6(9)7(10-3)5(2)8-4/h6-7,9H,1H2,2-3H3/t6-,7+/m0/s1. The maximum Gasteiger partial charge on any atom is 0.127 e. The molecule has 0 bridgehead atoms. The fraction of sp³-hybridized carbons (Fsp3) is 0.571. The second-order valence-electron chi connectivity index (χ2n) is 2.35. The number of rotatable bonds is 1. The average Bonchev–Trinajstić information content (AvgIpc) is 2.09. The zero-order chi connectivity index (χ0) is 7.72. The van der Waals surface area contributed by atoms with E-state index < -0.39 is 6.10 Å². The normalized spacial score (nSPS) is 32.7. The van der Waals surface area contributed by atoms with Crippen LogP contribution < -0.4 is 0 Å². The van der Waals surface area contributed by atoms with Crippen molar-refractivity contribution in [3.05, 3.63) is 12.3 Å². The summed E-state index contributed by atoms with van der Waals surface area (Å²) in [4.78, 5) is 3.97. The molecular weight excluding hydrogens is 130 g/mol. The predicted octanol–water partition coefficient (Wildman–Crippen LogP) is 0.351. The molecular formula is C7H11NO2. The maximum atomic E-state index is 9.29. The summed E-state index contributed by atoms with van der Waals surface area (Å²) >= 11 is 0. The van der Waals surface area contributed by atoms with Crippen LogP contribution in [0.4, 0.5) is 0 Å². The van der Waals surface area contributed by atoms with Crippen molar-refractivity contribution in [2.24, 2.45) is 4.99 Å². The number of hydrogen-bond donors (Lipinski definition) is 1. The van der Waals surface area contributed by atoms with Gasteiger partial charge in [-0.05, 0) is 6.92 Å². The number of nitrogens with zero attached hydrogens (tertiary/aromatic N) is 1. The number of aliphatic imine (C=N–C) groups is 1. The Bertz CT molecular complexity index is 186. The summed E-state index contributed by atoms with van der Waals surface area (Å²) in [6, 6.07) is 0. The molecule has 1 heterocycles. The summed E-state index contributed by atoms with van der Waals surface area (Å²) in [6.45, 7) is 5.38. The lowest BCUT2D eigenvalue weighted by Crippen LogP contribution is -2.29. The molecule has 0 spiro atoms. The van der Waals surface area contributed by atoms with Gasteiger partial charge in [-0.25, -0.2) is 0 Å². The summed E-state index contributed by atoms with van der Waals surface area (Å²) in [6.07, 6.45) is -0.933. The zero-order valence-corrected chi connectivity index (χ0v) is 6.16. The Morgan fingerprint density at radius 3 is 2.50 bits per heavy atom. The van der Waals surface area contributed by atoms with E-state index in [9.17, 15) is 5.11 Å². The summed E-state index contributed by atoms with van der Waals surface area (Å²) < 4.78 is 4.96. The molecule has 0 aromatic rings. The van der Waals surface area contributed by atoms with Crippen LogP contribution in [0.5, 0.6) is 0 Å². The van der Waals surface area contributed by atoms with Crippen molar-refractivity contribution in [3.8, 4) is 0 Å². The molecule has 0 radical (unpaired) electrons. The van der Waals surface area contributed by atoms with Crippen LogP contribution in [0, 0.1) is 0 Å². The van der Waals surface area contributed by atoms with Crippen molar-refractivity contribution in [1.29, 1.82) is 0 Å². The van der Waals surface area contributed by atoms with E-state index in [1.54, 1.807) is 7.11 Å². The third kappa shape index (κ3) is 0.978. The molecule has 1 rings (SSSR count). The van der Waals surface area contributed by atoms with Gasteiger partial charge >= 0.3 is 0 Å². The summed E-state index contributed by atoms with van der Waals surface area (Å²) in [5.74, 6) is 0. The Morgan fingerprint density at radius 1 is 1.70 bits per heavy atom. The van der Waals surface area contributed by atoms with Gasteiger partial charge in [-0.15, -0.1) is 0 Å². The molecule has 0 fully saturated rings. The van der Waals surface area contributed by atoms with Gasteiger partial charge in [-0.1, -0.05) is 6.58 Å². The minimum Gasteiger partial charge on any atom is -0.384 e. The van der Waals surface area contributed by atoms with Gasteiger partial charge in [0.15, 0.2) is 0 Å². The summed E-state index contributed by atoms with van der Waals surface area (Å²) in [5.41, 5.74) is 1.28. The molecule has 0 saturated carbocycles. The van der Waals surface area contributed by atoms with Crippen molar-refractivity contribution >= 4 is 5.71 Å². The van der Waals surface area contributed by atoms with Crippen LogP contribution in [0.15, 0.2) is 17.3 Å². The second kappa shape index (κ2) is 2.52.